The van der Waals surface area contributed by atoms with Gasteiger partial charge in [-0.3, -0.25) is 0 Å². The van der Waals surface area contributed by atoms with Crippen molar-refractivity contribution in [2.24, 2.45) is 0 Å². The first-order valence-electron chi connectivity index (χ1n) is 5.92. The fourth-order valence-corrected chi connectivity index (χ4v) is 4.04. The summed E-state index contributed by atoms with van der Waals surface area (Å²) in [6.07, 6.45) is 0.661. The summed E-state index contributed by atoms with van der Waals surface area (Å²) in [5, 5.41) is 0. The summed E-state index contributed by atoms with van der Waals surface area (Å²) < 4.78 is 55.0. The van der Waals surface area contributed by atoms with Crippen LogP contribution in [0.2, 0.25) is 0 Å². The van der Waals surface area contributed by atoms with Gasteiger partial charge in [0.25, 0.3) is 9.05 Å². The van der Waals surface area contributed by atoms with E-state index in [2.05, 4.69) is 15.9 Å². The molecule has 118 valence electrons. The molecule has 0 spiro atoms. The average Bonchev–Trinajstić information content (AvgIpc) is 2.25. The van der Waals surface area contributed by atoms with Gasteiger partial charge in [0.1, 0.15) is 16.3 Å². The summed E-state index contributed by atoms with van der Waals surface area (Å²) in [6, 6.07) is 0.652. The highest BCUT2D eigenvalue weighted by Crippen LogP contribution is 2.32. The van der Waals surface area contributed by atoms with Gasteiger partial charge in [-0.05, 0) is 35.3 Å². The lowest BCUT2D eigenvalue weighted by molar-refractivity contribution is 0.0311. The van der Waals surface area contributed by atoms with Gasteiger partial charge in [0.05, 0.1) is 6.10 Å². The van der Waals surface area contributed by atoms with E-state index in [1.165, 1.54) is 0 Å². The molecule has 0 aliphatic heterocycles. The van der Waals surface area contributed by atoms with Crippen molar-refractivity contribution in [1.29, 1.82) is 0 Å². The molecule has 0 aromatic heterocycles. The third-order valence-electron chi connectivity index (χ3n) is 2.58. The number of hydrogen-bond acceptors (Lipinski definition) is 4. The van der Waals surface area contributed by atoms with Crippen molar-refractivity contribution in [3.8, 4) is 0 Å². The minimum atomic E-state index is -4.50. The maximum absolute atomic E-state index is 14.1. The molecule has 0 heterocycles. The number of benzene rings is 1. The number of esters is 1. The summed E-state index contributed by atoms with van der Waals surface area (Å²) in [5.41, 5.74) is -1.08. The number of carbonyl (C=O) groups excluding carboxylic acids is 1. The molecule has 0 aliphatic rings. The lowest BCUT2D eigenvalue weighted by atomic mass is 10.2. The zero-order valence-electron chi connectivity index (χ0n) is 11.1. The molecule has 0 saturated heterocycles. The fraction of sp³-hybridized carbons (Fsp3) is 0.417. The van der Waals surface area contributed by atoms with Crippen molar-refractivity contribution in [3.05, 3.63) is 27.7 Å². The van der Waals surface area contributed by atoms with Gasteiger partial charge in [-0.1, -0.05) is 13.3 Å². The molecule has 1 rings (SSSR count). The minimum absolute atomic E-state index is 0.411. The molecule has 0 aliphatic carbocycles. The maximum atomic E-state index is 14.1. The molecule has 0 N–H and O–H groups in total. The molecule has 1 unspecified atom stereocenters. The second-order valence-corrected chi connectivity index (χ2v) is 7.66. The molecule has 0 fully saturated rings. The summed E-state index contributed by atoms with van der Waals surface area (Å²) >= 11 is 2.70. The third-order valence-corrected chi connectivity index (χ3v) is 4.82. The van der Waals surface area contributed by atoms with Crippen molar-refractivity contribution in [2.75, 3.05) is 0 Å². The van der Waals surface area contributed by atoms with E-state index >= 15 is 0 Å². The Balaban J connectivity index is 3.34. The molecule has 1 atom stereocenters. The van der Waals surface area contributed by atoms with E-state index in [0.29, 0.717) is 18.9 Å². The molecule has 21 heavy (non-hydrogen) atoms. The molecule has 0 saturated carbocycles. The first-order chi connectivity index (χ1) is 9.59. The molecular weight excluding hydrogens is 394 g/mol. The van der Waals surface area contributed by atoms with Crippen molar-refractivity contribution >= 4 is 41.6 Å². The molecule has 0 bridgehead atoms. The Morgan fingerprint density at radius 1 is 1.48 bits per heavy atom. The van der Waals surface area contributed by atoms with Crippen LogP contribution in [0.3, 0.4) is 0 Å². The fourth-order valence-electron chi connectivity index (χ4n) is 1.69. The Morgan fingerprint density at radius 2 is 2.05 bits per heavy atom. The second kappa shape index (κ2) is 7.02. The van der Waals surface area contributed by atoms with Crippen LogP contribution in [0.4, 0.5) is 8.78 Å². The van der Waals surface area contributed by atoms with Crippen molar-refractivity contribution in [2.45, 2.75) is 37.7 Å². The van der Waals surface area contributed by atoms with Crippen LogP contribution in [-0.4, -0.2) is 20.5 Å². The number of rotatable bonds is 5. The summed E-state index contributed by atoms with van der Waals surface area (Å²) in [7, 11) is 0.581. The van der Waals surface area contributed by atoms with Gasteiger partial charge >= 0.3 is 5.97 Å². The normalized spacial score (nSPS) is 13.0. The van der Waals surface area contributed by atoms with E-state index in [1.54, 1.807) is 6.92 Å². The highest BCUT2D eigenvalue weighted by Gasteiger charge is 2.30. The largest absolute Gasteiger partial charge is 0.459 e. The second-order valence-electron chi connectivity index (χ2n) is 4.30. The topological polar surface area (TPSA) is 60.4 Å². The van der Waals surface area contributed by atoms with Crippen LogP contribution in [-0.2, 0) is 13.8 Å². The van der Waals surface area contributed by atoms with Crippen LogP contribution in [0.15, 0.2) is 15.4 Å². The Labute approximate surface area is 134 Å². The molecule has 1 aromatic carbocycles. The molecule has 0 radical (unpaired) electrons. The van der Waals surface area contributed by atoms with Crippen molar-refractivity contribution in [3.63, 3.8) is 0 Å². The van der Waals surface area contributed by atoms with Gasteiger partial charge < -0.3 is 4.74 Å². The van der Waals surface area contributed by atoms with E-state index in [1.807, 2.05) is 6.92 Å². The average molecular weight is 406 g/mol. The number of hydrogen-bond donors (Lipinski definition) is 0. The lowest BCUT2D eigenvalue weighted by Crippen LogP contribution is -2.18. The van der Waals surface area contributed by atoms with Gasteiger partial charge in [-0.15, -0.1) is 0 Å². The van der Waals surface area contributed by atoms with E-state index in [0.717, 1.165) is 0 Å². The van der Waals surface area contributed by atoms with Crippen molar-refractivity contribution in [1.82, 2.24) is 0 Å². The van der Waals surface area contributed by atoms with E-state index in [-0.39, 0.29) is 0 Å². The quantitative estimate of drug-likeness (QED) is 0.549. The van der Waals surface area contributed by atoms with E-state index < -0.39 is 47.7 Å². The Hall–Kier alpha value is -0.730. The van der Waals surface area contributed by atoms with E-state index in [4.69, 9.17) is 15.4 Å². The minimum Gasteiger partial charge on any atom is -0.459 e. The van der Waals surface area contributed by atoms with Gasteiger partial charge in [0.2, 0.25) is 0 Å². The van der Waals surface area contributed by atoms with Gasteiger partial charge in [-0.2, -0.15) is 0 Å². The molecule has 0 amide bonds. The molecule has 1 aromatic rings. The predicted octanol–water partition coefficient (Wildman–Crippen LogP) is 4.00. The third kappa shape index (κ3) is 4.37. The summed E-state index contributed by atoms with van der Waals surface area (Å²) in [5.74, 6) is -4.09. The standard InChI is InChI=1S/C12H12BrClF2O4S/c1-3-4-6(2)20-12(17)9-8(15)5-7(13)11(10(9)16)21(14,18)19/h5-6H,3-4H2,1-2H3. The first-order valence-corrected chi connectivity index (χ1v) is 9.03. The van der Waals surface area contributed by atoms with Crippen LogP contribution in [0.25, 0.3) is 0 Å². The first kappa shape index (κ1) is 18.3. The Kier molecular flexibility index (Phi) is 6.12. The molecule has 4 nitrogen and oxygen atoms in total. The number of ether oxygens (including phenoxy) is 1. The lowest BCUT2D eigenvalue weighted by Gasteiger charge is -2.14. The monoisotopic (exact) mass is 404 g/mol. The zero-order valence-corrected chi connectivity index (χ0v) is 14.3. The molecular formula is C12H12BrClF2O4S. The van der Waals surface area contributed by atoms with Crippen LogP contribution in [0.1, 0.15) is 37.0 Å². The van der Waals surface area contributed by atoms with Gasteiger partial charge in [0.15, 0.2) is 5.82 Å². The Morgan fingerprint density at radius 3 is 2.52 bits per heavy atom. The highest BCUT2D eigenvalue weighted by molar-refractivity contribution is 9.10. The van der Waals surface area contributed by atoms with Crippen molar-refractivity contribution < 1.29 is 26.7 Å². The van der Waals surface area contributed by atoms with Crippen LogP contribution >= 0.6 is 26.6 Å². The molecule has 9 heteroatoms. The zero-order chi connectivity index (χ0) is 16.4. The van der Waals surface area contributed by atoms with E-state index in [9.17, 15) is 22.0 Å². The summed E-state index contributed by atoms with van der Waals surface area (Å²) in [6.45, 7) is 3.42. The van der Waals surface area contributed by atoms with Crippen LogP contribution in [0.5, 0.6) is 0 Å². The number of halogens is 4. The predicted molar refractivity (Wildman–Crippen MR) is 76.9 cm³/mol. The summed E-state index contributed by atoms with van der Waals surface area (Å²) in [4.78, 5) is 10.8. The van der Waals surface area contributed by atoms with Gasteiger partial charge in [-0.25, -0.2) is 22.0 Å². The van der Waals surface area contributed by atoms with Gasteiger partial charge in [0, 0.05) is 15.2 Å². The highest BCUT2D eigenvalue weighted by atomic mass is 79.9. The number of carbonyl (C=O) groups is 1. The Bertz CT molecular complexity index is 664. The van der Waals surface area contributed by atoms with Crippen LogP contribution in [0, 0.1) is 11.6 Å². The smallest absolute Gasteiger partial charge is 0.344 e. The van der Waals surface area contributed by atoms with Crippen LogP contribution < -0.4 is 0 Å². The SMILES string of the molecule is CCCC(C)OC(=O)c1c(F)cc(Br)c(S(=O)(=O)Cl)c1F. The maximum Gasteiger partial charge on any atom is 0.344 e.